The van der Waals surface area contributed by atoms with Crippen molar-refractivity contribution in [2.45, 2.75) is 43.6 Å². The number of ether oxygens (including phenoxy) is 2. The van der Waals surface area contributed by atoms with Gasteiger partial charge in [0, 0.05) is 44.6 Å². The lowest BCUT2D eigenvalue weighted by molar-refractivity contribution is -0.271. The van der Waals surface area contributed by atoms with E-state index < -0.39 is 35.6 Å². The summed E-state index contributed by atoms with van der Waals surface area (Å²) < 4.78 is 78.9. The van der Waals surface area contributed by atoms with Gasteiger partial charge in [0.05, 0.1) is 0 Å². The van der Waals surface area contributed by atoms with Crippen LogP contribution in [0.25, 0.3) is 0 Å². The van der Waals surface area contributed by atoms with Gasteiger partial charge in [0.2, 0.25) is 5.91 Å². The molecule has 2 fully saturated rings. The summed E-state index contributed by atoms with van der Waals surface area (Å²) in [6.45, 7) is -3.01. The Kier molecular flexibility index (Phi) is 7.45. The van der Waals surface area contributed by atoms with Crippen molar-refractivity contribution in [3.8, 4) is 5.75 Å². The third-order valence-electron chi connectivity index (χ3n) is 7.50. The van der Waals surface area contributed by atoms with Gasteiger partial charge in [-0.1, -0.05) is 48.5 Å². The summed E-state index contributed by atoms with van der Waals surface area (Å²) in [6, 6.07) is 13.0. The van der Waals surface area contributed by atoms with E-state index in [1.807, 2.05) is 0 Å². The van der Waals surface area contributed by atoms with Gasteiger partial charge in [-0.05, 0) is 29.9 Å². The monoisotopic (exact) mass is 526 g/mol. The van der Waals surface area contributed by atoms with Crippen molar-refractivity contribution in [1.29, 1.82) is 0 Å². The van der Waals surface area contributed by atoms with Crippen LogP contribution in [0.3, 0.4) is 0 Å². The second-order valence-corrected chi connectivity index (χ2v) is 9.35. The Morgan fingerprint density at radius 3 is 2.27 bits per heavy atom. The summed E-state index contributed by atoms with van der Waals surface area (Å²) in [4.78, 5) is 27.0. The number of alkyl halides is 5. The molecule has 1 spiro atoms. The van der Waals surface area contributed by atoms with E-state index in [2.05, 4.69) is 5.32 Å². The number of rotatable bonds is 6. The number of hydrogen-bond donors (Lipinski definition) is 1. The van der Waals surface area contributed by atoms with Crippen LogP contribution in [0, 0.1) is 5.41 Å². The lowest BCUT2D eigenvalue weighted by Crippen LogP contribution is -2.60. The van der Waals surface area contributed by atoms with Crippen molar-refractivity contribution < 1.29 is 41.0 Å². The maximum atomic E-state index is 14.4. The fourth-order valence-corrected chi connectivity index (χ4v) is 5.65. The molecule has 4 rings (SSSR count). The van der Waals surface area contributed by atoms with Crippen LogP contribution in [0.1, 0.15) is 36.3 Å². The minimum Gasteiger partial charge on any atom is -0.435 e. The number of methoxy groups -OCH3 is 1. The zero-order valence-electron chi connectivity index (χ0n) is 20.1. The molecule has 2 aromatic rings. The van der Waals surface area contributed by atoms with Crippen LogP contribution in [-0.4, -0.2) is 56.2 Å². The molecule has 0 aromatic heterocycles. The third-order valence-corrected chi connectivity index (χ3v) is 7.50. The van der Waals surface area contributed by atoms with Gasteiger partial charge in [-0.3, -0.25) is 9.59 Å². The molecule has 2 heterocycles. The van der Waals surface area contributed by atoms with Crippen LogP contribution in [-0.2, 0) is 19.9 Å². The molecule has 2 aliphatic heterocycles. The fourth-order valence-electron chi connectivity index (χ4n) is 5.65. The molecule has 37 heavy (non-hydrogen) atoms. The first-order valence-corrected chi connectivity index (χ1v) is 11.8. The number of amides is 2. The Morgan fingerprint density at radius 2 is 1.68 bits per heavy atom. The predicted molar refractivity (Wildman–Crippen MR) is 123 cm³/mol. The highest BCUT2D eigenvalue weighted by Crippen LogP contribution is 2.52. The van der Waals surface area contributed by atoms with Crippen LogP contribution in [0.5, 0.6) is 5.75 Å². The van der Waals surface area contributed by atoms with E-state index in [4.69, 9.17) is 9.47 Å². The van der Waals surface area contributed by atoms with E-state index >= 15 is 0 Å². The highest BCUT2D eigenvalue weighted by Gasteiger charge is 2.64. The standard InChI is InChI=1S/C26H27F5N2O4/c1-36-25(26(29,30)31,17-7-3-2-4-8-17)22(35)33-13-11-24(12-14-33)15-21(34)32-16-19(24)18-9-5-6-10-20(18)37-23(27)28/h2-10,19,23H,11-16H2,1H3,(H,32,34)/t19-,25+/m0/s1. The molecule has 11 heteroatoms. The first-order valence-electron chi connectivity index (χ1n) is 11.8. The molecule has 0 aliphatic carbocycles. The van der Waals surface area contributed by atoms with Gasteiger partial charge in [-0.2, -0.15) is 22.0 Å². The average Bonchev–Trinajstić information content (AvgIpc) is 2.85. The molecule has 1 N–H and O–H groups in total. The number of para-hydroxylation sites is 1. The molecule has 0 unspecified atom stereocenters. The van der Waals surface area contributed by atoms with Gasteiger partial charge in [0.1, 0.15) is 5.75 Å². The van der Waals surface area contributed by atoms with Gasteiger partial charge in [-0.25, -0.2) is 0 Å². The lowest BCUT2D eigenvalue weighted by atomic mass is 9.62. The first-order chi connectivity index (χ1) is 17.5. The number of carbonyl (C=O) groups excluding carboxylic acids is 2. The van der Waals surface area contributed by atoms with Gasteiger partial charge < -0.3 is 19.7 Å². The van der Waals surface area contributed by atoms with Crippen LogP contribution < -0.4 is 10.1 Å². The first kappa shape index (κ1) is 26.8. The van der Waals surface area contributed by atoms with Gasteiger partial charge in [-0.15, -0.1) is 0 Å². The summed E-state index contributed by atoms with van der Waals surface area (Å²) in [6.07, 6.45) is -4.58. The van der Waals surface area contributed by atoms with Gasteiger partial charge >= 0.3 is 12.8 Å². The maximum absolute atomic E-state index is 14.4. The molecule has 200 valence electrons. The maximum Gasteiger partial charge on any atom is 0.430 e. The SMILES string of the molecule is CO[C@@](C(=O)N1CCC2(CC1)CC(=O)NC[C@H]2c1ccccc1OC(F)F)(c1ccccc1)C(F)(F)F. The molecular formula is C26H27F5N2O4. The molecule has 6 nitrogen and oxygen atoms in total. The van der Waals surface area contributed by atoms with Gasteiger partial charge in [0.15, 0.2) is 0 Å². The Morgan fingerprint density at radius 1 is 1.05 bits per heavy atom. The zero-order valence-corrected chi connectivity index (χ0v) is 20.1. The summed E-state index contributed by atoms with van der Waals surface area (Å²) >= 11 is 0. The number of hydrogen-bond acceptors (Lipinski definition) is 4. The van der Waals surface area contributed by atoms with Crippen LogP contribution in [0.2, 0.25) is 0 Å². The normalized spacial score (nSPS) is 21.4. The van der Waals surface area contributed by atoms with Crippen molar-refractivity contribution >= 4 is 11.8 Å². The summed E-state index contributed by atoms with van der Waals surface area (Å²) in [5.74, 6) is -1.92. The average molecular weight is 527 g/mol. The Hall–Kier alpha value is -3.21. The highest BCUT2D eigenvalue weighted by atomic mass is 19.4. The second kappa shape index (κ2) is 10.3. The number of likely N-dealkylation sites (tertiary alicyclic amines) is 1. The number of piperidine rings is 2. The molecule has 2 atom stereocenters. The smallest absolute Gasteiger partial charge is 0.430 e. The molecular weight excluding hydrogens is 499 g/mol. The van der Waals surface area contributed by atoms with E-state index in [0.29, 0.717) is 5.56 Å². The van der Waals surface area contributed by atoms with Crippen molar-refractivity contribution in [3.05, 3.63) is 65.7 Å². The van der Waals surface area contributed by atoms with Crippen molar-refractivity contribution in [2.24, 2.45) is 5.41 Å². The van der Waals surface area contributed by atoms with Crippen molar-refractivity contribution in [1.82, 2.24) is 10.2 Å². The summed E-state index contributed by atoms with van der Waals surface area (Å²) in [7, 11) is 0.852. The van der Waals surface area contributed by atoms with E-state index in [9.17, 15) is 31.5 Å². The van der Waals surface area contributed by atoms with Crippen molar-refractivity contribution in [3.63, 3.8) is 0 Å². The van der Waals surface area contributed by atoms with E-state index in [-0.39, 0.29) is 56.1 Å². The molecule has 2 saturated heterocycles. The molecule has 2 aromatic carbocycles. The minimum absolute atomic E-state index is 0.0175. The third kappa shape index (κ3) is 4.88. The minimum atomic E-state index is -5.03. The number of benzene rings is 2. The van der Waals surface area contributed by atoms with Crippen LogP contribution >= 0.6 is 0 Å². The Bertz CT molecular complexity index is 1120. The van der Waals surface area contributed by atoms with E-state index in [1.54, 1.807) is 24.3 Å². The van der Waals surface area contributed by atoms with Crippen LogP contribution in [0.4, 0.5) is 22.0 Å². The largest absolute Gasteiger partial charge is 0.435 e. The Balaban J connectivity index is 1.64. The number of nitrogens with zero attached hydrogens (tertiary/aromatic N) is 1. The van der Waals surface area contributed by atoms with E-state index in [1.165, 1.54) is 30.3 Å². The Labute approximate surface area is 210 Å². The van der Waals surface area contributed by atoms with Gasteiger partial charge in [0.25, 0.3) is 11.5 Å². The second-order valence-electron chi connectivity index (χ2n) is 9.35. The topological polar surface area (TPSA) is 67.9 Å². The lowest BCUT2D eigenvalue weighted by Gasteiger charge is -2.50. The highest BCUT2D eigenvalue weighted by molar-refractivity contribution is 5.88. The fraction of sp³-hybridized carbons (Fsp3) is 0.462. The number of carbonyl (C=O) groups is 2. The number of halogens is 5. The zero-order chi connectivity index (χ0) is 26.8. The molecule has 2 aliphatic rings. The molecule has 2 amide bonds. The predicted octanol–water partition coefficient (Wildman–Crippen LogP) is 4.60. The quantitative estimate of drug-likeness (QED) is 0.559. The molecule has 0 saturated carbocycles. The molecule has 0 bridgehead atoms. The summed E-state index contributed by atoms with van der Waals surface area (Å²) in [5.41, 5.74) is -3.78. The summed E-state index contributed by atoms with van der Waals surface area (Å²) in [5, 5.41) is 2.76. The molecule has 0 radical (unpaired) electrons. The number of nitrogens with one attached hydrogen (secondary N) is 1. The van der Waals surface area contributed by atoms with Crippen LogP contribution in [0.15, 0.2) is 54.6 Å². The van der Waals surface area contributed by atoms with Crippen molar-refractivity contribution in [2.75, 3.05) is 26.7 Å². The van der Waals surface area contributed by atoms with E-state index in [0.717, 1.165) is 12.0 Å².